The van der Waals surface area contributed by atoms with Crippen molar-refractivity contribution in [1.82, 2.24) is 0 Å². The summed E-state index contributed by atoms with van der Waals surface area (Å²) in [6, 6.07) is 0. The van der Waals surface area contributed by atoms with Gasteiger partial charge in [0.1, 0.15) is 4.77 Å². The van der Waals surface area contributed by atoms with Gasteiger partial charge in [-0.05, 0) is 0 Å². The molecule has 0 aromatic rings. The molecule has 0 rings (SSSR count). The molecule has 0 N–H and O–H groups in total. The lowest BCUT2D eigenvalue weighted by atomic mass is 11.7. The lowest BCUT2D eigenvalue weighted by Gasteiger charge is -1.92. The van der Waals surface area contributed by atoms with Gasteiger partial charge < -0.3 is 4.52 Å². The first-order valence-electron chi connectivity index (χ1n) is 0.988. The van der Waals surface area contributed by atoms with Gasteiger partial charge in [0.25, 0.3) is 0 Å². The Bertz CT molecular complexity index is 23.6. The van der Waals surface area contributed by atoms with Crippen LogP contribution in [-0.2, 0) is 4.52 Å². The Morgan fingerprint density at radius 3 is 1.80 bits per heavy atom. The van der Waals surface area contributed by atoms with Crippen LogP contribution < -0.4 is 0 Å². The summed E-state index contributed by atoms with van der Waals surface area (Å²) in [4.78, 5) is 0. The van der Waals surface area contributed by atoms with Crippen LogP contribution in [-0.4, -0.2) is 4.77 Å². The monoisotopic (exact) mass is 128 g/mol. The highest BCUT2D eigenvalue weighted by Crippen LogP contribution is 2.04. The number of thiol groups is 2. The van der Waals surface area contributed by atoms with E-state index in [1.54, 1.807) is 0 Å². The topological polar surface area (TPSA) is 9.23 Å². The van der Waals surface area contributed by atoms with Gasteiger partial charge in [-0.25, -0.2) is 0 Å². The van der Waals surface area contributed by atoms with Crippen LogP contribution >= 0.6 is 34.7 Å². The van der Waals surface area contributed by atoms with Gasteiger partial charge in [0, 0.05) is 9.47 Å². The van der Waals surface area contributed by atoms with Crippen LogP contribution in [0.15, 0.2) is 0 Å². The van der Waals surface area contributed by atoms with Crippen LogP contribution in [0.2, 0.25) is 0 Å². The maximum atomic E-state index is 4.40. The van der Waals surface area contributed by atoms with E-state index in [2.05, 4.69) is 29.8 Å². The Morgan fingerprint density at radius 1 is 1.60 bits per heavy atom. The molecule has 0 aliphatic rings. The predicted molar refractivity (Wildman–Crippen MR) is 32.6 cm³/mol. The highest BCUT2D eigenvalue weighted by atomic mass is 32.2. The summed E-state index contributed by atoms with van der Waals surface area (Å²) in [5.41, 5.74) is 0. The van der Waals surface area contributed by atoms with E-state index in [0.717, 1.165) is 0 Å². The summed E-state index contributed by atoms with van der Waals surface area (Å²) >= 11 is 7.44. The molecule has 0 amide bonds. The first-order chi connectivity index (χ1) is 2.27. The van der Waals surface area contributed by atoms with Gasteiger partial charge in [-0.1, -0.05) is 0 Å². The Balaban J connectivity index is 2.54. The third-order valence-corrected chi connectivity index (χ3v) is 1.10. The molecule has 0 fully saturated rings. The minimum absolute atomic E-state index is 0.264. The van der Waals surface area contributed by atoms with E-state index >= 15 is 0 Å². The fourth-order valence-corrected chi connectivity index (χ4v) is 0. The molecule has 1 atom stereocenters. The smallest absolute Gasteiger partial charge is 0.147 e. The van der Waals surface area contributed by atoms with Crippen LogP contribution in [0, 0.1) is 0 Å². The molecule has 0 heterocycles. The molecule has 32 valence electrons. The molecule has 0 bridgehead atoms. The summed E-state index contributed by atoms with van der Waals surface area (Å²) < 4.78 is 4.13. The third kappa shape index (κ3) is 5.09. The SMILES string of the molecule is POC(S)S. The molecule has 0 radical (unpaired) electrons. The quantitative estimate of drug-likeness (QED) is 0.303. The summed E-state index contributed by atoms with van der Waals surface area (Å²) in [6.07, 6.45) is 0. The van der Waals surface area contributed by atoms with Crippen molar-refractivity contribution in [1.29, 1.82) is 0 Å². The molecule has 0 aromatic heterocycles. The van der Waals surface area contributed by atoms with E-state index in [4.69, 9.17) is 0 Å². The largest absolute Gasteiger partial charge is 0.342 e. The molecule has 0 saturated carbocycles. The minimum atomic E-state index is -0.264. The molecular weight excluding hydrogens is 123 g/mol. The minimum Gasteiger partial charge on any atom is -0.342 e. The van der Waals surface area contributed by atoms with E-state index in [1.165, 1.54) is 0 Å². The van der Waals surface area contributed by atoms with Crippen molar-refractivity contribution >= 4 is 34.7 Å². The van der Waals surface area contributed by atoms with E-state index in [0.29, 0.717) is 0 Å². The third-order valence-electron chi connectivity index (χ3n) is 0.122. The van der Waals surface area contributed by atoms with E-state index in [-0.39, 0.29) is 4.77 Å². The first kappa shape index (κ1) is 6.09. The molecule has 0 aliphatic carbocycles. The maximum Gasteiger partial charge on any atom is 0.147 e. The standard InChI is InChI=1S/CH5OPS2/c3-2-1(4)5/h1,4-5H,3H2. The predicted octanol–water partition coefficient (Wildman–Crippen LogP) is 0.936. The van der Waals surface area contributed by atoms with Crippen LogP contribution in [0.1, 0.15) is 0 Å². The summed E-state index contributed by atoms with van der Waals surface area (Å²) in [6.45, 7) is 0. The molecule has 1 unspecified atom stereocenters. The van der Waals surface area contributed by atoms with Gasteiger partial charge in [-0.2, -0.15) is 0 Å². The zero-order chi connectivity index (χ0) is 4.28. The van der Waals surface area contributed by atoms with Crippen LogP contribution in [0.25, 0.3) is 0 Å². The molecule has 0 saturated heterocycles. The number of hydrogen-bond donors (Lipinski definition) is 2. The highest BCUT2D eigenvalue weighted by Gasteiger charge is 1.81. The summed E-state index contributed by atoms with van der Waals surface area (Å²) in [5.74, 6) is 0. The summed E-state index contributed by atoms with van der Waals surface area (Å²) in [5, 5.41) is 0. The van der Waals surface area contributed by atoms with Crippen LogP contribution in [0.3, 0.4) is 0 Å². The van der Waals surface area contributed by atoms with Crippen molar-refractivity contribution in [3.63, 3.8) is 0 Å². The molecule has 1 nitrogen and oxygen atoms in total. The molecule has 0 spiro atoms. The zero-order valence-corrected chi connectivity index (χ0v) is 5.40. The lowest BCUT2D eigenvalue weighted by Crippen LogP contribution is -1.78. The van der Waals surface area contributed by atoms with Crippen molar-refractivity contribution in [2.24, 2.45) is 0 Å². The van der Waals surface area contributed by atoms with Crippen LogP contribution in [0.5, 0.6) is 0 Å². The Kier molecular flexibility index (Phi) is 4.00. The molecule has 0 aliphatic heterocycles. The summed E-state index contributed by atoms with van der Waals surface area (Å²) in [7, 11) is 2.04. The zero-order valence-electron chi connectivity index (χ0n) is 2.46. The maximum absolute atomic E-state index is 4.40. The van der Waals surface area contributed by atoms with Crippen molar-refractivity contribution in [3.8, 4) is 0 Å². The molecule has 4 heteroatoms. The second-order valence-corrected chi connectivity index (χ2v) is 2.08. The van der Waals surface area contributed by atoms with Gasteiger partial charge in [-0.15, -0.1) is 25.3 Å². The Hall–Kier alpha value is 1.09. The Labute approximate surface area is 44.6 Å². The highest BCUT2D eigenvalue weighted by molar-refractivity contribution is 7.99. The lowest BCUT2D eigenvalue weighted by molar-refractivity contribution is 0.435. The van der Waals surface area contributed by atoms with Crippen molar-refractivity contribution < 1.29 is 4.52 Å². The average Bonchev–Trinajstić information content (AvgIpc) is 1.38. The average molecular weight is 128 g/mol. The Morgan fingerprint density at radius 2 is 1.80 bits per heavy atom. The molecule has 5 heavy (non-hydrogen) atoms. The van der Waals surface area contributed by atoms with Gasteiger partial charge in [0.05, 0.1) is 0 Å². The van der Waals surface area contributed by atoms with E-state index < -0.39 is 0 Å². The fraction of sp³-hybridized carbons (Fsp3) is 1.00. The molecular formula is CH5OPS2. The normalized spacial score (nSPS) is 9.60. The van der Waals surface area contributed by atoms with Gasteiger partial charge in [0.2, 0.25) is 0 Å². The van der Waals surface area contributed by atoms with Crippen molar-refractivity contribution in [2.75, 3.05) is 0 Å². The van der Waals surface area contributed by atoms with Crippen molar-refractivity contribution in [2.45, 2.75) is 4.77 Å². The fourth-order valence-electron chi connectivity index (χ4n) is 0. The van der Waals surface area contributed by atoms with Gasteiger partial charge >= 0.3 is 0 Å². The van der Waals surface area contributed by atoms with E-state index in [9.17, 15) is 0 Å². The number of hydrogen-bond acceptors (Lipinski definition) is 3. The number of rotatable bonds is 1. The van der Waals surface area contributed by atoms with Crippen LogP contribution in [0.4, 0.5) is 0 Å². The van der Waals surface area contributed by atoms with Gasteiger partial charge in [-0.3, -0.25) is 0 Å². The molecule has 0 aromatic carbocycles. The first-order valence-corrected chi connectivity index (χ1v) is 2.49. The van der Waals surface area contributed by atoms with Gasteiger partial charge in [0.15, 0.2) is 0 Å². The second kappa shape index (κ2) is 3.29. The van der Waals surface area contributed by atoms with E-state index in [1.807, 2.05) is 9.47 Å². The van der Waals surface area contributed by atoms with Crippen molar-refractivity contribution in [3.05, 3.63) is 0 Å². The second-order valence-electron chi connectivity index (χ2n) is 0.462.